The minimum Gasteiger partial charge on any atom is -0.396 e. The van der Waals surface area contributed by atoms with Crippen LogP contribution >= 0.6 is 0 Å². The van der Waals surface area contributed by atoms with Crippen LogP contribution < -0.4 is 0 Å². The molecule has 2 aliphatic rings. The Kier molecular flexibility index (Phi) is 1.31. The summed E-state index contributed by atoms with van der Waals surface area (Å²) in [6, 6.07) is 0. The van der Waals surface area contributed by atoms with E-state index in [1.807, 2.05) is 0 Å². The second-order valence-electron chi connectivity index (χ2n) is 4.39. The van der Waals surface area contributed by atoms with Crippen molar-refractivity contribution in [2.75, 3.05) is 6.61 Å². The summed E-state index contributed by atoms with van der Waals surface area (Å²) in [6.07, 6.45) is 5.49. The predicted octanol–water partition coefficient (Wildman–Crippen LogP) is 1.80. The van der Waals surface area contributed by atoms with E-state index in [9.17, 15) is 0 Å². The number of hydrogen-bond donors (Lipinski definition) is 1. The fraction of sp³-hybridized carbons (Fsp3) is 1.00. The summed E-state index contributed by atoms with van der Waals surface area (Å²) in [5.74, 6) is 1.81. The standard InChI is InChI=1S/C9H16O/c1-9(6-10)5-7-2-3-8(9)4-7/h7-8,10H,2-6H2,1H3/t7-,8+,9-/m0/s1. The molecule has 0 aromatic heterocycles. The SMILES string of the molecule is C[C@@]1(CO)C[C@H]2CC[C@@H]1C2. The summed E-state index contributed by atoms with van der Waals surface area (Å²) in [4.78, 5) is 0. The average Bonchev–Trinajstić information content (AvgIpc) is 2.46. The van der Waals surface area contributed by atoms with Crippen molar-refractivity contribution in [1.82, 2.24) is 0 Å². The normalized spacial score (nSPS) is 52.2. The molecule has 0 aromatic rings. The van der Waals surface area contributed by atoms with Crippen LogP contribution in [0.4, 0.5) is 0 Å². The van der Waals surface area contributed by atoms with E-state index in [2.05, 4.69) is 6.92 Å². The molecule has 1 heteroatoms. The Balaban J connectivity index is 2.14. The molecule has 0 unspecified atom stereocenters. The Labute approximate surface area is 62.4 Å². The van der Waals surface area contributed by atoms with E-state index in [0.717, 1.165) is 11.8 Å². The molecule has 1 N–H and O–H groups in total. The van der Waals surface area contributed by atoms with Crippen molar-refractivity contribution in [2.45, 2.75) is 32.6 Å². The van der Waals surface area contributed by atoms with Crippen molar-refractivity contribution in [2.24, 2.45) is 17.3 Å². The Morgan fingerprint density at radius 3 is 2.60 bits per heavy atom. The number of aliphatic hydroxyl groups is 1. The van der Waals surface area contributed by atoms with Gasteiger partial charge in [-0.2, -0.15) is 0 Å². The highest BCUT2D eigenvalue weighted by Crippen LogP contribution is 2.55. The number of hydrogen-bond acceptors (Lipinski definition) is 1. The Morgan fingerprint density at radius 2 is 2.30 bits per heavy atom. The van der Waals surface area contributed by atoms with Gasteiger partial charge in [-0.25, -0.2) is 0 Å². The first-order valence-corrected chi connectivity index (χ1v) is 4.35. The molecule has 0 spiro atoms. The third-order valence-electron chi connectivity index (χ3n) is 3.64. The maximum absolute atomic E-state index is 9.15. The molecule has 2 fully saturated rings. The summed E-state index contributed by atoms with van der Waals surface area (Å²) in [6.45, 7) is 2.66. The third-order valence-corrected chi connectivity index (χ3v) is 3.64. The van der Waals surface area contributed by atoms with Crippen LogP contribution in [0.25, 0.3) is 0 Å². The number of fused-ring (bicyclic) bond motifs is 2. The van der Waals surface area contributed by atoms with Gasteiger partial charge >= 0.3 is 0 Å². The van der Waals surface area contributed by atoms with Gasteiger partial charge in [0.25, 0.3) is 0 Å². The summed E-state index contributed by atoms with van der Waals surface area (Å²) >= 11 is 0. The molecule has 0 aliphatic heterocycles. The van der Waals surface area contributed by atoms with Gasteiger partial charge in [-0.1, -0.05) is 13.3 Å². The van der Waals surface area contributed by atoms with E-state index in [4.69, 9.17) is 5.11 Å². The Morgan fingerprint density at radius 1 is 1.50 bits per heavy atom. The maximum Gasteiger partial charge on any atom is 0.0487 e. The van der Waals surface area contributed by atoms with Crippen molar-refractivity contribution >= 4 is 0 Å². The van der Waals surface area contributed by atoms with Crippen LogP contribution in [0.3, 0.4) is 0 Å². The Bertz CT molecular complexity index is 144. The van der Waals surface area contributed by atoms with Crippen molar-refractivity contribution < 1.29 is 5.11 Å². The van der Waals surface area contributed by atoms with E-state index in [-0.39, 0.29) is 0 Å². The molecule has 0 amide bonds. The fourth-order valence-corrected chi connectivity index (χ4v) is 2.91. The van der Waals surface area contributed by atoms with Gasteiger partial charge in [0, 0.05) is 6.61 Å². The highest BCUT2D eigenvalue weighted by atomic mass is 16.3. The first kappa shape index (κ1) is 6.66. The van der Waals surface area contributed by atoms with Gasteiger partial charge in [0.2, 0.25) is 0 Å². The first-order valence-electron chi connectivity index (χ1n) is 4.35. The molecule has 58 valence electrons. The van der Waals surface area contributed by atoms with Crippen molar-refractivity contribution in [1.29, 1.82) is 0 Å². The second-order valence-corrected chi connectivity index (χ2v) is 4.39. The van der Waals surface area contributed by atoms with Gasteiger partial charge in [-0.3, -0.25) is 0 Å². The minimum absolute atomic E-state index is 0.308. The molecular formula is C9H16O. The quantitative estimate of drug-likeness (QED) is 0.589. The lowest BCUT2D eigenvalue weighted by molar-refractivity contribution is 0.0835. The molecule has 2 bridgehead atoms. The van der Waals surface area contributed by atoms with Crippen molar-refractivity contribution in [3.63, 3.8) is 0 Å². The molecular weight excluding hydrogens is 124 g/mol. The predicted molar refractivity (Wildman–Crippen MR) is 40.6 cm³/mol. The molecule has 10 heavy (non-hydrogen) atoms. The molecule has 0 radical (unpaired) electrons. The van der Waals surface area contributed by atoms with Crippen LogP contribution in [0, 0.1) is 17.3 Å². The lowest BCUT2D eigenvalue weighted by atomic mass is 9.75. The van der Waals surface area contributed by atoms with E-state index in [1.165, 1.54) is 25.7 Å². The smallest absolute Gasteiger partial charge is 0.0487 e. The van der Waals surface area contributed by atoms with Gasteiger partial charge in [0.15, 0.2) is 0 Å². The Hall–Kier alpha value is -0.0400. The van der Waals surface area contributed by atoms with Gasteiger partial charge in [0.05, 0.1) is 0 Å². The molecule has 3 atom stereocenters. The van der Waals surface area contributed by atoms with Gasteiger partial charge in [0.1, 0.15) is 0 Å². The minimum atomic E-state index is 0.308. The average molecular weight is 140 g/mol. The highest BCUT2D eigenvalue weighted by Gasteiger charge is 2.47. The van der Waals surface area contributed by atoms with Crippen molar-refractivity contribution in [3.8, 4) is 0 Å². The zero-order valence-corrected chi connectivity index (χ0v) is 6.64. The number of rotatable bonds is 1. The first-order chi connectivity index (χ1) is 4.74. The van der Waals surface area contributed by atoms with Gasteiger partial charge < -0.3 is 5.11 Å². The maximum atomic E-state index is 9.15. The summed E-state index contributed by atoms with van der Waals surface area (Å²) in [7, 11) is 0. The third kappa shape index (κ3) is 0.731. The molecule has 2 aliphatic carbocycles. The van der Waals surface area contributed by atoms with Crippen LogP contribution in [0.1, 0.15) is 32.6 Å². The number of aliphatic hydroxyl groups excluding tert-OH is 1. The largest absolute Gasteiger partial charge is 0.396 e. The second kappa shape index (κ2) is 1.97. The molecule has 0 heterocycles. The summed E-state index contributed by atoms with van der Waals surface area (Å²) < 4.78 is 0. The molecule has 2 rings (SSSR count). The fourth-order valence-electron chi connectivity index (χ4n) is 2.91. The van der Waals surface area contributed by atoms with E-state index in [1.54, 1.807) is 0 Å². The molecule has 0 saturated heterocycles. The van der Waals surface area contributed by atoms with E-state index >= 15 is 0 Å². The van der Waals surface area contributed by atoms with Crippen molar-refractivity contribution in [3.05, 3.63) is 0 Å². The lowest BCUT2D eigenvalue weighted by Gasteiger charge is -2.31. The van der Waals surface area contributed by atoms with Gasteiger partial charge in [-0.05, 0) is 36.5 Å². The monoisotopic (exact) mass is 140 g/mol. The lowest BCUT2D eigenvalue weighted by Crippen LogP contribution is -2.27. The zero-order chi connectivity index (χ0) is 7.19. The van der Waals surface area contributed by atoms with Crippen LogP contribution in [-0.2, 0) is 0 Å². The van der Waals surface area contributed by atoms with Crippen LogP contribution in [-0.4, -0.2) is 11.7 Å². The summed E-state index contributed by atoms with van der Waals surface area (Å²) in [5.41, 5.74) is 0.308. The highest BCUT2D eigenvalue weighted by molar-refractivity contribution is 4.97. The van der Waals surface area contributed by atoms with E-state index < -0.39 is 0 Å². The summed E-state index contributed by atoms with van der Waals surface area (Å²) in [5, 5.41) is 9.15. The van der Waals surface area contributed by atoms with E-state index in [0.29, 0.717) is 12.0 Å². The topological polar surface area (TPSA) is 20.2 Å². The van der Waals surface area contributed by atoms with Crippen LogP contribution in [0.15, 0.2) is 0 Å². The molecule has 2 saturated carbocycles. The van der Waals surface area contributed by atoms with Crippen LogP contribution in [0.5, 0.6) is 0 Å². The van der Waals surface area contributed by atoms with Gasteiger partial charge in [-0.15, -0.1) is 0 Å². The molecule has 0 aromatic carbocycles. The zero-order valence-electron chi connectivity index (χ0n) is 6.64. The molecule has 1 nitrogen and oxygen atoms in total. The van der Waals surface area contributed by atoms with Crippen LogP contribution in [0.2, 0.25) is 0 Å².